The summed E-state index contributed by atoms with van der Waals surface area (Å²) < 4.78 is 26.5. The number of carbonyl (C=O) groups is 3. The Morgan fingerprint density at radius 3 is 1.91 bits per heavy atom. The number of fused-ring (bicyclic) bond motifs is 1. The molecule has 3 aliphatic heterocycles. The maximum atomic E-state index is 13.5. The zero-order chi connectivity index (χ0) is 32.2. The fraction of sp³-hybridized carbons (Fsp3) is 0.182. The van der Waals surface area contributed by atoms with E-state index in [1.165, 1.54) is 11.8 Å². The smallest absolute Gasteiger partial charge is 0.338 e. The number of benzene rings is 3. The van der Waals surface area contributed by atoms with Gasteiger partial charge >= 0.3 is 17.9 Å². The van der Waals surface area contributed by atoms with Gasteiger partial charge in [0.05, 0.1) is 22.3 Å². The summed E-state index contributed by atoms with van der Waals surface area (Å²) >= 11 is 11.3. The van der Waals surface area contributed by atoms with Gasteiger partial charge in [-0.25, -0.2) is 24.4 Å². The maximum absolute atomic E-state index is 13.5. The lowest BCUT2D eigenvalue weighted by Crippen LogP contribution is -2.41. The first-order chi connectivity index (χ1) is 22.4. The second kappa shape index (κ2) is 14.0. The topological polar surface area (TPSA) is 119 Å². The minimum absolute atomic E-state index is 0.205. The summed E-state index contributed by atoms with van der Waals surface area (Å²) in [7, 11) is 0. The van der Waals surface area contributed by atoms with Crippen molar-refractivity contribution < 1.29 is 33.3 Å². The van der Waals surface area contributed by atoms with E-state index in [1.54, 1.807) is 108 Å². The Labute approximate surface area is 281 Å². The molecule has 0 amide bonds. The van der Waals surface area contributed by atoms with Crippen molar-refractivity contribution in [3.63, 3.8) is 0 Å². The van der Waals surface area contributed by atoms with E-state index in [4.69, 9.17) is 30.5 Å². The highest BCUT2D eigenvalue weighted by Crippen LogP contribution is 2.43. The second-order valence-electron chi connectivity index (χ2n) is 10.1. The third-order valence-corrected chi connectivity index (χ3v) is 8.74. The molecule has 13 heteroatoms. The van der Waals surface area contributed by atoms with E-state index in [9.17, 15) is 14.4 Å². The van der Waals surface area contributed by atoms with Crippen molar-refractivity contribution >= 4 is 57.2 Å². The number of ether oxygens (including phenoxy) is 4. The van der Waals surface area contributed by atoms with Crippen molar-refractivity contribution in [2.24, 2.45) is 0 Å². The SMILES string of the molecule is CSc1nc(Cl)c2c(Br)cnc-2n1[C@@H]1O[C@H](COC(=O)c2ccccc2)[C@@H](OC(=O)c2ccccc2)[C@H]1OC(=O)c1ccccc1. The van der Waals surface area contributed by atoms with Crippen LogP contribution in [0.4, 0.5) is 0 Å². The van der Waals surface area contributed by atoms with Gasteiger partial charge in [0.15, 0.2) is 23.6 Å². The van der Waals surface area contributed by atoms with Crippen molar-refractivity contribution in [3.05, 3.63) is 124 Å². The first kappa shape index (κ1) is 31.7. The summed E-state index contributed by atoms with van der Waals surface area (Å²) in [6, 6.07) is 25.2. The number of nitrogens with zero attached hydrogens (tertiary/aromatic N) is 3. The number of esters is 3. The molecule has 3 aromatic rings. The molecular formula is C33H25BrClN3O7S. The van der Waals surface area contributed by atoms with E-state index in [0.29, 0.717) is 26.6 Å². The Balaban J connectivity index is 1.43. The molecule has 0 aromatic heterocycles. The van der Waals surface area contributed by atoms with Gasteiger partial charge < -0.3 is 18.9 Å². The first-order valence-corrected chi connectivity index (χ1v) is 16.4. The number of thioether (sulfide) groups is 1. The van der Waals surface area contributed by atoms with Gasteiger partial charge in [0.1, 0.15) is 23.7 Å². The zero-order valence-corrected chi connectivity index (χ0v) is 27.3. The van der Waals surface area contributed by atoms with Crippen LogP contribution in [0.15, 0.2) is 107 Å². The second-order valence-corrected chi connectivity index (χ2v) is 12.1. The van der Waals surface area contributed by atoms with Crippen molar-refractivity contribution in [2.45, 2.75) is 29.7 Å². The van der Waals surface area contributed by atoms with Gasteiger partial charge in [0, 0.05) is 10.7 Å². The van der Waals surface area contributed by atoms with E-state index in [-0.39, 0.29) is 22.9 Å². The molecule has 46 heavy (non-hydrogen) atoms. The van der Waals surface area contributed by atoms with Crippen LogP contribution in [0, 0.1) is 0 Å². The number of carbonyl (C=O) groups excluding carboxylic acids is 3. The van der Waals surface area contributed by atoms with Crippen LogP contribution in [-0.4, -0.2) is 63.6 Å². The Morgan fingerprint density at radius 2 is 1.37 bits per heavy atom. The van der Waals surface area contributed by atoms with Gasteiger partial charge in [0.25, 0.3) is 0 Å². The predicted octanol–water partition coefficient (Wildman–Crippen LogP) is 6.73. The maximum Gasteiger partial charge on any atom is 0.338 e. The lowest BCUT2D eigenvalue weighted by molar-refractivity contribution is -0.0657. The predicted molar refractivity (Wildman–Crippen MR) is 173 cm³/mol. The number of aromatic nitrogens is 3. The third-order valence-electron chi connectivity index (χ3n) is 7.21. The quantitative estimate of drug-likeness (QED) is 0.0533. The molecule has 0 bridgehead atoms. The van der Waals surface area contributed by atoms with Gasteiger partial charge in [-0.3, -0.25) is 4.57 Å². The fourth-order valence-corrected chi connectivity index (χ4v) is 6.52. The Hall–Kier alpha value is -4.23. The van der Waals surface area contributed by atoms with Crippen LogP contribution in [0.5, 0.6) is 0 Å². The van der Waals surface area contributed by atoms with Crippen LogP contribution in [0.3, 0.4) is 0 Å². The molecule has 10 nitrogen and oxygen atoms in total. The fourth-order valence-electron chi connectivity index (χ4n) is 5.05. The van der Waals surface area contributed by atoms with Crippen LogP contribution in [0.1, 0.15) is 37.3 Å². The summed E-state index contributed by atoms with van der Waals surface area (Å²) in [6.45, 7) is -0.326. The van der Waals surface area contributed by atoms with Crippen LogP contribution < -0.4 is 0 Å². The summed E-state index contributed by atoms with van der Waals surface area (Å²) in [6.07, 6.45) is -1.28. The molecule has 3 aromatic carbocycles. The van der Waals surface area contributed by atoms with Gasteiger partial charge in [-0.1, -0.05) is 78.0 Å². The minimum atomic E-state index is -1.24. The molecule has 3 aliphatic rings. The average Bonchev–Trinajstić information content (AvgIpc) is 3.64. The van der Waals surface area contributed by atoms with Crippen LogP contribution >= 0.6 is 39.3 Å². The van der Waals surface area contributed by atoms with Crippen molar-refractivity contribution in [1.82, 2.24) is 14.5 Å². The van der Waals surface area contributed by atoms with E-state index in [0.717, 1.165) is 0 Å². The van der Waals surface area contributed by atoms with E-state index >= 15 is 0 Å². The van der Waals surface area contributed by atoms with E-state index in [2.05, 4.69) is 25.9 Å². The molecule has 0 unspecified atom stereocenters. The largest absolute Gasteiger partial charge is 0.459 e. The zero-order valence-electron chi connectivity index (χ0n) is 24.1. The highest BCUT2D eigenvalue weighted by atomic mass is 79.9. The highest BCUT2D eigenvalue weighted by Gasteiger charge is 2.52. The molecule has 0 saturated carbocycles. The molecule has 3 heterocycles. The van der Waals surface area contributed by atoms with Gasteiger partial charge in [0.2, 0.25) is 0 Å². The monoisotopic (exact) mass is 721 g/mol. The summed E-state index contributed by atoms with van der Waals surface area (Å²) in [5.74, 6) is -1.58. The molecule has 234 valence electrons. The lowest BCUT2D eigenvalue weighted by atomic mass is 10.1. The molecule has 0 radical (unpaired) electrons. The van der Waals surface area contributed by atoms with Gasteiger partial charge in [-0.05, 0) is 58.6 Å². The molecular weight excluding hydrogens is 698 g/mol. The molecule has 1 fully saturated rings. The lowest BCUT2D eigenvalue weighted by Gasteiger charge is -2.27. The van der Waals surface area contributed by atoms with Crippen molar-refractivity contribution in [3.8, 4) is 11.4 Å². The Morgan fingerprint density at radius 1 is 0.848 bits per heavy atom. The molecule has 0 N–H and O–H groups in total. The van der Waals surface area contributed by atoms with E-state index in [1.807, 2.05) is 0 Å². The van der Waals surface area contributed by atoms with Crippen LogP contribution in [0.25, 0.3) is 11.4 Å². The summed E-state index contributed by atoms with van der Waals surface area (Å²) in [5, 5.41) is 0.597. The standard InChI is InChI=1S/C33H25BrClN3O7S/c1-46-33-37-27(35)24-22(34)17-36-28(24)38(33)29-26(45-32(41)21-15-9-4-10-16-21)25(44-31(40)20-13-7-3-8-14-20)23(43-29)18-42-30(39)19-11-5-2-6-12-19/h2-17,23,25-26,29H,18H2,1H3/t23-,25-,26-,29-/m1/s1. The van der Waals surface area contributed by atoms with Crippen LogP contribution in [-0.2, 0) is 18.9 Å². The summed E-state index contributed by atoms with van der Waals surface area (Å²) in [5.41, 5.74) is 1.38. The minimum Gasteiger partial charge on any atom is -0.459 e. The third kappa shape index (κ3) is 6.52. The number of halogens is 2. The van der Waals surface area contributed by atoms with E-state index < -0.39 is 42.4 Å². The molecule has 0 spiro atoms. The Bertz CT molecular complexity index is 1830. The molecule has 0 aliphatic carbocycles. The Kier molecular flexibility index (Phi) is 9.69. The number of hydrogen-bond donors (Lipinski definition) is 0. The highest BCUT2D eigenvalue weighted by molar-refractivity contribution is 9.10. The van der Waals surface area contributed by atoms with Crippen molar-refractivity contribution in [1.29, 1.82) is 0 Å². The van der Waals surface area contributed by atoms with Gasteiger partial charge in [-0.15, -0.1) is 0 Å². The number of hydrogen-bond acceptors (Lipinski definition) is 10. The van der Waals surface area contributed by atoms with Gasteiger partial charge in [-0.2, -0.15) is 0 Å². The van der Waals surface area contributed by atoms with Crippen LogP contribution in [0.2, 0.25) is 5.15 Å². The summed E-state index contributed by atoms with van der Waals surface area (Å²) in [4.78, 5) is 49.0. The first-order valence-electron chi connectivity index (χ1n) is 14.0. The average molecular weight is 723 g/mol. The van der Waals surface area contributed by atoms with Crippen molar-refractivity contribution in [2.75, 3.05) is 12.9 Å². The molecule has 1 saturated heterocycles. The number of rotatable bonds is 9. The normalized spacial score (nSPS) is 19.1. The molecule has 6 rings (SSSR count). The molecule has 4 atom stereocenters.